The molecule has 126 valence electrons. The first-order valence-corrected chi connectivity index (χ1v) is 7.72. The second kappa shape index (κ2) is 7.73. The van der Waals surface area contributed by atoms with Crippen LogP contribution in [0.25, 0.3) is 0 Å². The minimum atomic E-state index is -0.876. The number of rotatable bonds is 5. The van der Waals surface area contributed by atoms with Crippen LogP contribution in [0.4, 0.5) is 4.39 Å². The normalized spacial score (nSPS) is 11.9. The van der Waals surface area contributed by atoms with Gasteiger partial charge in [-0.05, 0) is 37.1 Å². The standard InChI is InChI=1S/C19H20FNO3/c1-12(2)17(19(23)24-16-7-5-4-6-15(16)20)21-18(22)14-10-8-13(3)9-11-14/h4-12,17H,1-3H3,(H,21,22). The summed E-state index contributed by atoms with van der Waals surface area (Å²) in [5, 5.41) is 2.66. The van der Waals surface area contributed by atoms with Crippen molar-refractivity contribution < 1.29 is 18.7 Å². The van der Waals surface area contributed by atoms with Crippen LogP contribution >= 0.6 is 0 Å². The summed E-state index contributed by atoms with van der Waals surface area (Å²) in [7, 11) is 0. The zero-order valence-corrected chi connectivity index (χ0v) is 13.9. The number of ether oxygens (including phenoxy) is 1. The predicted molar refractivity (Wildman–Crippen MR) is 89.3 cm³/mol. The maximum atomic E-state index is 13.6. The molecule has 0 bridgehead atoms. The summed E-state index contributed by atoms with van der Waals surface area (Å²) < 4.78 is 18.7. The minimum absolute atomic E-state index is 0.155. The van der Waals surface area contributed by atoms with Crippen LogP contribution in [0.3, 0.4) is 0 Å². The van der Waals surface area contributed by atoms with Crippen LogP contribution in [0.5, 0.6) is 5.75 Å². The molecule has 1 N–H and O–H groups in total. The lowest BCUT2D eigenvalue weighted by atomic mass is 10.0. The monoisotopic (exact) mass is 329 g/mol. The summed E-state index contributed by atoms with van der Waals surface area (Å²) in [5.41, 5.74) is 1.48. The Balaban J connectivity index is 2.11. The Morgan fingerprint density at radius 1 is 1.04 bits per heavy atom. The van der Waals surface area contributed by atoms with Crippen molar-refractivity contribution in [1.29, 1.82) is 0 Å². The highest BCUT2D eigenvalue weighted by molar-refractivity contribution is 5.97. The van der Waals surface area contributed by atoms with Gasteiger partial charge in [-0.1, -0.05) is 43.7 Å². The van der Waals surface area contributed by atoms with E-state index in [1.807, 2.05) is 19.1 Å². The third kappa shape index (κ3) is 4.41. The van der Waals surface area contributed by atoms with Crippen molar-refractivity contribution in [3.8, 4) is 5.75 Å². The quantitative estimate of drug-likeness (QED) is 0.675. The summed E-state index contributed by atoms with van der Waals surface area (Å²) in [4.78, 5) is 24.6. The largest absolute Gasteiger partial charge is 0.422 e. The van der Waals surface area contributed by atoms with Crippen LogP contribution in [-0.4, -0.2) is 17.9 Å². The number of aryl methyl sites for hydroxylation is 1. The molecule has 0 fully saturated rings. The van der Waals surface area contributed by atoms with Crippen LogP contribution < -0.4 is 10.1 Å². The van der Waals surface area contributed by atoms with Gasteiger partial charge in [0.2, 0.25) is 0 Å². The molecule has 2 aromatic rings. The summed E-state index contributed by atoms with van der Waals surface area (Å²) in [6.45, 7) is 5.48. The summed E-state index contributed by atoms with van der Waals surface area (Å²) in [6, 6.07) is 11.8. The minimum Gasteiger partial charge on any atom is -0.422 e. The second-order valence-electron chi connectivity index (χ2n) is 5.91. The topological polar surface area (TPSA) is 55.4 Å². The van der Waals surface area contributed by atoms with E-state index in [1.54, 1.807) is 32.0 Å². The highest BCUT2D eigenvalue weighted by atomic mass is 19.1. The van der Waals surface area contributed by atoms with Crippen molar-refractivity contribution in [1.82, 2.24) is 5.32 Å². The number of carbonyl (C=O) groups excluding carboxylic acids is 2. The molecule has 0 saturated heterocycles. The van der Waals surface area contributed by atoms with Crippen LogP contribution in [-0.2, 0) is 4.79 Å². The molecule has 0 heterocycles. The Bertz CT molecular complexity index is 726. The van der Waals surface area contributed by atoms with Crippen LogP contribution in [0, 0.1) is 18.7 Å². The molecule has 4 nitrogen and oxygen atoms in total. The second-order valence-corrected chi connectivity index (χ2v) is 5.91. The van der Waals surface area contributed by atoms with Crippen molar-refractivity contribution >= 4 is 11.9 Å². The number of nitrogens with one attached hydrogen (secondary N) is 1. The molecule has 1 unspecified atom stereocenters. The van der Waals surface area contributed by atoms with Crippen LogP contribution in [0.15, 0.2) is 48.5 Å². The Morgan fingerprint density at radius 2 is 1.67 bits per heavy atom. The van der Waals surface area contributed by atoms with E-state index in [9.17, 15) is 14.0 Å². The third-order valence-corrected chi connectivity index (χ3v) is 3.57. The smallest absolute Gasteiger partial charge is 0.334 e. The molecule has 0 aliphatic heterocycles. The third-order valence-electron chi connectivity index (χ3n) is 3.57. The van der Waals surface area contributed by atoms with Crippen molar-refractivity contribution in [2.45, 2.75) is 26.8 Å². The molecule has 0 aliphatic carbocycles. The molecule has 0 saturated carbocycles. The molecule has 2 rings (SSSR count). The van der Waals surface area contributed by atoms with Gasteiger partial charge in [-0.3, -0.25) is 4.79 Å². The summed E-state index contributed by atoms with van der Waals surface area (Å²) in [5.74, 6) is -2.07. The summed E-state index contributed by atoms with van der Waals surface area (Å²) in [6.07, 6.45) is 0. The average molecular weight is 329 g/mol. The van der Waals surface area contributed by atoms with Crippen molar-refractivity contribution in [3.05, 3.63) is 65.5 Å². The number of esters is 1. The van der Waals surface area contributed by atoms with Crippen molar-refractivity contribution in [2.24, 2.45) is 5.92 Å². The molecular formula is C19H20FNO3. The lowest BCUT2D eigenvalue weighted by molar-refractivity contribution is -0.137. The van der Waals surface area contributed by atoms with Gasteiger partial charge in [-0.15, -0.1) is 0 Å². The summed E-state index contributed by atoms with van der Waals surface area (Å²) >= 11 is 0. The Hall–Kier alpha value is -2.69. The van der Waals surface area contributed by atoms with Gasteiger partial charge >= 0.3 is 5.97 Å². The van der Waals surface area contributed by atoms with E-state index in [2.05, 4.69) is 5.32 Å². The Morgan fingerprint density at radius 3 is 2.25 bits per heavy atom. The zero-order chi connectivity index (χ0) is 17.7. The fraction of sp³-hybridized carbons (Fsp3) is 0.263. The highest BCUT2D eigenvalue weighted by Gasteiger charge is 2.27. The van der Waals surface area contributed by atoms with Gasteiger partial charge in [0, 0.05) is 5.56 Å². The number of benzene rings is 2. The molecule has 2 aromatic carbocycles. The SMILES string of the molecule is Cc1ccc(C(=O)NC(C(=O)Oc2ccccc2F)C(C)C)cc1. The first kappa shape index (κ1) is 17.7. The molecule has 24 heavy (non-hydrogen) atoms. The number of para-hydroxylation sites is 1. The molecule has 0 radical (unpaired) electrons. The fourth-order valence-electron chi connectivity index (χ4n) is 2.13. The number of hydrogen-bond donors (Lipinski definition) is 1. The number of hydrogen-bond acceptors (Lipinski definition) is 3. The van der Waals surface area contributed by atoms with Crippen molar-refractivity contribution in [2.75, 3.05) is 0 Å². The average Bonchev–Trinajstić information content (AvgIpc) is 2.54. The predicted octanol–water partition coefficient (Wildman–Crippen LogP) is 3.49. The van der Waals surface area contributed by atoms with E-state index in [0.717, 1.165) is 5.56 Å². The van der Waals surface area contributed by atoms with E-state index < -0.39 is 17.8 Å². The van der Waals surface area contributed by atoms with Gasteiger partial charge in [0.15, 0.2) is 11.6 Å². The van der Waals surface area contributed by atoms with Gasteiger partial charge in [-0.25, -0.2) is 9.18 Å². The Kier molecular flexibility index (Phi) is 5.68. The van der Waals surface area contributed by atoms with Gasteiger partial charge in [0.1, 0.15) is 6.04 Å². The van der Waals surface area contributed by atoms with Crippen LogP contribution in [0.2, 0.25) is 0 Å². The van der Waals surface area contributed by atoms with Gasteiger partial charge in [0.25, 0.3) is 5.91 Å². The van der Waals surface area contributed by atoms with Crippen LogP contribution in [0.1, 0.15) is 29.8 Å². The molecular weight excluding hydrogens is 309 g/mol. The Labute approximate surface area is 140 Å². The van der Waals surface area contributed by atoms with E-state index in [0.29, 0.717) is 5.56 Å². The first-order valence-electron chi connectivity index (χ1n) is 7.72. The first-order chi connectivity index (χ1) is 11.4. The van der Waals surface area contributed by atoms with Crippen molar-refractivity contribution in [3.63, 3.8) is 0 Å². The molecule has 0 spiro atoms. The lowest BCUT2D eigenvalue weighted by Crippen LogP contribution is -2.46. The maximum absolute atomic E-state index is 13.6. The van der Waals surface area contributed by atoms with Gasteiger partial charge < -0.3 is 10.1 Å². The van der Waals surface area contributed by atoms with E-state index >= 15 is 0 Å². The number of halogens is 1. The van der Waals surface area contributed by atoms with E-state index in [4.69, 9.17) is 4.74 Å². The zero-order valence-electron chi connectivity index (χ0n) is 13.9. The molecule has 5 heteroatoms. The van der Waals surface area contributed by atoms with Gasteiger partial charge in [-0.2, -0.15) is 0 Å². The number of carbonyl (C=O) groups is 2. The maximum Gasteiger partial charge on any atom is 0.334 e. The van der Waals surface area contributed by atoms with Gasteiger partial charge in [0.05, 0.1) is 0 Å². The van der Waals surface area contributed by atoms with E-state index in [1.165, 1.54) is 18.2 Å². The lowest BCUT2D eigenvalue weighted by Gasteiger charge is -2.21. The van der Waals surface area contributed by atoms with E-state index in [-0.39, 0.29) is 17.6 Å². The molecule has 0 aromatic heterocycles. The number of amides is 1. The fourth-order valence-corrected chi connectivity index (χ4v) is 2.13. The highest BCUT2D eigenvalue weighted by Crippen LogP contribution is 2.17. The molecule has 1 amide bonds. The molecule has 1 atom stereocenters. The molecule has 0 aliphatic rings.